The van der Waals surface area contributed by atoms with Crippen LogP contribution in [0.5, 0.6) is 0 Å². The van der Waals surface area contributed by atoms with Crippen molar-refractivity contribution in [1.29, 1.82) is 0 Å². The summed E-state index contributed by atoms with van der Waals surface area (Å²) in [6.07, 6.45) is 4.90. The van der Waals surface area contributed by atoms with E-state index in [2.05, 4.69) is 16.6 Å². The first-order valence-electron chi connectivity index (χ1n) is 3.29. The van der Waals surface area contributed by atoms with E-state index in [0.717, 1.165) is 0 Å². The minimum absolute atomic E-state index is 0.0799. The fourth-order valence-electron chi connectivity index (χ4n) is 0.452. The van der Waals surface area contributed by atoms with E-state index in [9.17, 15) is 4.79 Å². The Morgan fingerprint density at radius 3 is 2.91 bits per heavy atom. The second kappa shape index (κ2) is 5.57. The van der Waals surface area contributed by atoms with Gasteiger partial charge in [0.1, 0.15) is 0 Å². The van der Waals surface area contributed by atoms with Crippen molar-refractivity contribution >= 4 is 6.03 Å². The second-order valence-electron chi connectivity index (χ2n) is 2.11. The predicted octanol–water partition coefficient (Wildman–Crippen LogP) is -0.700. The van der Waals surface area contributed by atoms with Crippen LogP contribution < -0.4 is 10.6 Å². The molecule has 0 rings (SSSR count). The van der Waals surface area contributed by atoms with Crippen LogP contribution in [0, 0.1) is 12.3 Å². The van der Waals surface area contributed by atoms with Crippen LogP contribution in [0.25, 0.3) is 0 Å². The molecule has 0 spiro atoms. The molecule has 0 saturated heterocycles. The Morgan fingerprint density at radius 2 is 2.45 bits per heavy atom. The highest BCUT2D eigenvalue weighted by Crippen LogP contribution is 1.76. The van der Waals surface area contributed by atoms with E-state index in [1.54, 1.807) is 6.92 Å². The largest absolute Gasteiger partial charge is 0.394 e. The lowest BCUT2D eigenvalue weighted by Crippen LogP contribution is -2.42. The first-order valence-corrected chi connectivity index (χ1v) is 3.29. The van der Waals surface area contributed by atoms with Crippen molar-refractivity contribution in [3.05, 3.63) is 0 Å². The van der Waals surface area contributed by atoms with Gasteiger partial charge in [0.05, 0.1) is 19.2 Å². The van der Waals surface area contributed by atoms with Crippen molar-refractivity contribution in [3.8, 4) is 12.3 Å². The molecule has 3 N–H and O–H groups in total. The third kappa shape index (κ3) is 5.25. The number of hydrogen-bond acceptors (Lipinski definition) is 2. The molecule has 0 aromatic rings. The van der Waals surface area contributed by atoms with E-state index < -0.39 is 0 Å². The first kappa shape index (κ1) is 9.79. The number of terminal acetylenes is 1. The lowest BCUT2D eigenvalue weighted by Gasteiger charge is -2.09. The van der Waals surface area contributed by atoms with Crippen LogP contribution in [-0.2, 0) is 0 Å². The molecule has 0 aliphatic rings. The molecular formula is C7H12N2O2. The zero-order chi connectivity index (χ0) is 8.69. The van der Waals surface area contributed by atoms with E-state index in [4.69, 9.17) is 11.5 Å². The summed E-state index contributed by atoms with van der Waals surface area (Å²) in [6, 6.07) is -0.600. The van der Waals surface area contributed by atoms with Gasteiger partial charge in [0.25, 0.3) is 0 Å². The lowest BCUT2D eigenvalue weighted by atomic mass is 10.4. The highest BCUT2D eigenvalue weighted by atomic mass is 16.3. The van der Waals surface area contributed by atoms with Crippen LogP contribution >= 0.6 is 0 Å². The zero-order valence-corrected chi connectivity index (χ0v) is 6.42. The van der Waals surface area contributed by atoms with Crippen molar-refractivity contribution in [2.45, 2.75) is 13.0 Å². The second-order valence-corrected chi connectivity index (χ2v) is 2.11. The molecule has 1 atom stereocenters. The average Bonchev–Trinajstić information content (AvgIpc) is 2.00. The van der Waals surface area contributed by atoms with E-state index in [0.29, 0.717) is 0 Å². The van der Waals surface area contributed by atoms with Crippen LogP contribution in [0.1, 0.15) is 6.92 Å². The molecule has 0 radical (unpaired) electrons. The topological polar surface area (TPSA) is 61.4 Å². The van der Waals surface area contributed by atoms with Gasteiger partial charge in [-0.2, -0.15) is 0 Å². The zero-order valence-electron chi connectivity index (χ0n) is 6.42. The maximum absolute atomic E-state index is 10.7. The molecule has 4 nitrogen and oxygen atoms in total. The monoisotopic (exact) mass is 156 g/mol. The number of urea groups is 1. The Hall–Kier alpha value is -1.21. The van der Waals surface area contributed by atoms with Gasteiger partial charge in [-0.05, 0) is 6.92 Å². The standard InChI is InChI=1S/C7H12N2O2/c1-3-4-8-7(11)9-6(2)5-10/h1,6,10H,4-5H2,2H3,(H2,8,9,11)/t6-/m1/s1. The van der Waals surface area contributed by atoms with Crippen molar-refractivity contribution < 1.29 is 9.90 Å². The summed E-state index contributed by atoms with van der Waals surface area (Å²) in [5, 5.41) is 13.4. The third-order valence-corrected chi connectivity index (χ3v) is 1.00. The van der Waals surface area contributed by atoms with Crippen LogP contribution in [0.2, 0.25) is 0 Å². The molecule has 0 aromatic heterocycles. The number of nitrogens with one attached hydrogen (secondary N) is 2. The SMILES string of the molecule is C#CCNC(=O)N[C@H](C)CO. The van der Waals surface area contributed by atoms with Crippen LogP contribution in [0.4, 0.5) is 4.79 Å². The Bertz CT molecular complexity index is 162. The molecule has 0 saturated carbocycles. The van der Waals surface area contributed by atoms with Crippen molar-refractivity contribution in [2.75, 3.05) is 13.2 Å². The Labute approximate surface area is 66.0 Å². The summed E-state index contributed by atoms with van der Waals surface area (Å²) < 4.78 is 0. The van der Waals surface area contributed by atoms with Gasteiger partial charge in [0, 0.05) is 0 Å². The summed E-state index contributed by atoms with van der Waals surface area (Å²) in [7, 11) is 0. The highest BCUT2D eigenvalue weighted by Gasteiger charge is 2.02. The molecule has 62 valence electrons. The van der Waals surface area contributed by atoms with E-state index in [1.807, 2.05) is 0 Å². The van der Waals surface area contributed by atoms with Crippen LogP contribution in [0.3, 0.4) is 0 Å². The number of amides is 2. The smallest absolute Gasteiger partial charge is 0.315 e. The summed E-state index contributed by atoms with van der Waals surface area (Å²) in [6.45, 7) is 1.81. The van der Waals surface area contributed by atoms with Gasteiger partial charge < -0.3 is 15.7 Å². The van der Waals surface area contributed by atoms with Crippen LogP contribution in [-0.4, -0.2) is 30.3 Å². The molecule has 0 aliphatic heterocycles. The van der Waals surface area contributed by atoms with Gasteiger partial charge in [-0.3, -0.25) is 0 Å². The predicted molar refractivity (Wildman–Crippen MR) is 41.9 cm³/mol. The molecule has 2 amide bonds. The van der Waals surface area contributed by atoms with Gasteiger partial charge in [0.2, 0.25) is 0 Å². The average molecular weight is 156 g/mol. The molecule has 0 aliphatic carbocycles. The number of aliphatic hydroxyl groups is 1. The summed E-state index contributed by atoms with van der Waals surface area (Å²) in [5.41, 5.74) is 0. The number of carbonyl (C=O) groups is 1. The van der Waals surface area contributed by atoms with Gasteiger partial charge >= 0.3 is 6.03 Å². The summed E-state index contributed by atoms with van der Waals surface area (Å²) in [5.74, 6) is 2.26. The fraction of sp³-hybridized carbons (Fsp3) is 0.571. The maximum Gasteiger partial charge on any atom is 0.315 e. The lowest BCUT2D eigenvalue weighted by molar-refractivity contribution is 0.221. The molecule has 0 unspecified atom stereocenters. The van der Waals surface area contributed by atoms with Gasteiger partial charge in [-0.15, -0.1) is 6.42 Å². The Kier molecular flexibility index (Phi) is 4.95. The normalized spacial score (nSPS) is 11.4. The summed E-state index contributed by atoms with van der Waals surface area (Å²) >= 11 is 0. The molecule has 0 bridgehead atoms. The van der Waals surface area contributed by atoms with Crippen LogP contribution in [0.15, 0.2) is 0 Å². The van der Waals surface area contributed by atoms with Gasteiger partial charge in [-0.25, -0.2) is 4.79 Å². The molecule has 4 heteroatoms. The van der Waals surface area contributed by atoms with E-state index in [1.165, 1.54) is 0 Å². The Balaban J connectivity index is 3.45. The molecule has 0 fully saturated rings. The number of rotatable bonds is 3. The van der Waals surface area contributed by atoms with Crippen molar-refractivity contribution in [1.82, 2.24) is 10.6 Å². The van der Waals surface area contributed by atoms with Gasteiger partial charge in [0.15, 0.2) is 0 Å². The molecular weight excluding hydrogens is 144 g/mol. The third-order valence-electron chi connectivity index (χ3n) is 1.00. The summed E-state index contributed by atoms with van der Waals surface area (Å²) in [4.78, 5) is 10.7. The van der Waals surface area contributed by atoms with E-state index in [-0.39, 0.29) is 25.2 Å². The molecule has 11 heavy (non-hydrogen) atoms. The highest BCUT2D eigenvalue weighted by molar-refractivity contribution is 5.74. The van der Waals surface area contributed by atoms with Gasteiger partial charge in [-0.1, -0.05) is 5.92 Å². The number of aliphatic hydroxyl groups excluding tert-OH is 1. The van der Waals surface area contributed by atoms with E-state index >= 15 is 0 Å². The minimum Gasteiger partial charge on any atom is -0.394 e. The number of carbonyl (C=O) groups excluding carboxylic acids is 1. The van der Waals surface area contributed by atoms with Crippen molar-refractivity contribution in [2.24, 2.45) is 0 Å². The quantitative estimate of drug-likeness (QED) is 0.473. The Morgan fingerprint density at radius 1 is 1.82 bits per heavy atom. The molecule has 0 heterocycles. The first-order chi connectivity index (χ1) is 5.20. The van der Waals surface area contributed by atoms with Crippen molar-refractivity contribution in [3.63, 3.8) is 0 Å². The minimum atomic E-state index is -0.357. The molecule has 0 aromatic carbocycles. The maximum atomic E-state index is 10.7. The number of hydrogen-bond donors (Lipinski definition) is 3. The fourth-order valence-corrected chi connectivity index (χ4v) is 0.452.